The van der Waals surface area contributed by atoms with Gasteiger partial charge < -0.3 is 35.9 Å². The number of ether oxygens (including phenoxy) is 3. The predicted molar refractivity (Wildman–Crippen MR) is 159 cm³/mol. The number of nitrogens with zero attached hydrogens (tertiary/aromatic N) is 2. The Kier molecular flexibility index (Phi) is 10.1. The molecule has 10 nitrogen and oxygen atoms in total. The van der Waals surface area contributed by atoms with Crippen molar-refractivity contribution in [2.75, 3.05) is 32.8 Å². The Labute approximate surface area is 253 Å². The van der Waals surface area contributed by atoms with Crippen LogP contribution in [0.1, 0.15) is 43.4 Å². The molecule has 228 valence electrons. The number of halogens is 4. The van der Waals surface area contributed by atoms with Crippen molar-refractivity contribution in [1.29, 1.82) is 0 Å². The highest BCUT2D eigenvalue weighted by molar-refractivity contribution is 6.41. The summed E-state index contributed by atoms with van der Waals surface area (Å²) in [5.41, 5.74) is 7.65. The molecular formula is C28H34Cl2F2N6O4. The Balaban J connectivity index is 1.70. The molecule has 2 aliphatic rings. The Morgan fingerprint density at radius 3 is 2.50 bits per heavy atom. The van der Waals surface area contributed by atoms with E-state index in [1.54, 1.807) is 6.07 Å². The summed E-state index contributed by atoms with van der Waals surface area (Å²) >= 11 is 13.1. The van der Waals surface area contributed by atoms with E-state index >= 15 is 0 Å². The molecule has 2 heterocycles. The third-order valence-electron chi connectivity index (χ3n) is 7.27. The van der Waals surface area contributed by atoms with Gasteiger partial charge in [0.25, 0.3) is 0 Å². The van der Waals surface area contributed by atoms with Gasteiger partial charge in [-0.05, 0) is 31.1 Å². The first-order chi connectivity index (χ1) is 20.0. The fraction of sp³-hybridized carbons (Fsp3) is 0.464. The van der Waals surface area contributed by atoms with Crippen LogP contribution < -0.4 is 31.2 Å². The van der Waals surface area contributed by atoms with Crippen molar-refractivity contribution in [2.45, 2.75) is 56.3 Å². The van der Waals surface area contributed by atoms with Gasteiger partial charge in [0.1, 0.15) is 23.2 Å². The smallest absolute Gasteiger partial charge is 0.249 e. The zero-order chi connectivity index (χ0) is 30.6. The first kappa shape index (κ1) is 31.7. The molecule has 4 atom stereocenters. The molecule has 2 fully saturated rings. The van der Waals surface area contributed by atoms with Crippen LogP contribution in [-0.2, 0) is 9.53 Å². The van der Waals surface area contributed by atoms with Gasteiger partial charge in [0.15, 0.2) is 0 Å². The Hall–Kier alpha value is -3.19. The van der Waals surface area contributed by atoms with Crippen molar-refractivity contribution in [3.05, 3.63) is 52.2 Å². The van der Waals surface area contributed by atoms with Crippen LogP contribution in [0, 0.1) is 0 Å². The molecule has 1 aromatic heterocycles. The summed E-state index contributed by atoms with van der Waals surface area (Å²) in [5, 5.41) is 9.72. The fourth-order valence-electron chi connectivity index (χ4n) is 5.09. The van der Waals surface area contributed by atoms with Crippen molar-refractivity contribution >= 4 is 46.4 Å². The zero-order valence-electron chi connectivity index (χ0n) is 23.5. The van der Waals surface area contributed by atoms with Gasteiger partial charge in [0.2, 0.25) is 11.8 Å². The van der Waals surface area contributed by atoms with E-state index in [1.165, 1.54) is 32.6 Å². The van der Waals surface area contributed by atoms with Gasteiger partial charge in [-0.2, -0.15) is 0 Å². The SMILES string of the molecule is C=CC(=O)N[C@H]1COC[C@H]1Nc1cc(C(C)NC2CCC(F)(F)C2)c(N=C(N)c2c(Cl)c(OC)cc(OC)c2Cl)cn1. The van der Waals surface area contributed by atoms with Crippen molar-refractivity contribution in [2.24, 2.45) is 10.7 Å². The third kappa shape index (κ3) is 7.23. The lowest BCUT2D eigenvalue weighted by molar-refractivity contribution is -0.117. The van der Waals surface area contributed by atoms with Crippen molar-refractivity contribution in [3.8, 4) is 11.5 Å². The second kappa shape index (κ2) is 13.4. The van der Waals surface area contributed by atoms with Crippen LogP contribution in [0.2, 0.25) is 10.0 Å². The highest BCUT2D eigenvalue weighted by Crippen LogP contribution is 2.41. The fourth-order valence-corrected chi connectivity index (χ4v) is 5.78. The average molecular weight is 628 g/mol. The number of aliphatic imine (C=N–C) groups is 1. The molecule has 0 spiro atoms. The molecule has 5 N–H and O–H groups in total. The van der Waals surface area contributed by atoms with Gasteiger partial charge >= 0.3 is 0 Å². The minimum absolute atomic E-state index is 0.0260. The molecule has 2 unspecified atom stereocenters. The molecule has 14 heteroatoms. The normalized spacial score (nSPS) is 22.5. The van der Waals surface area contributed by atoms with Gasteiger partial charge in [-0.3, -0.25) is 4.79 Å². The summed E-state index contributed by atoms with van der Waals surface area (Å²) in [6, 6.07) is 1.92. The number of hydrogen-bond donors (Lipinski definition) is 4. The van der Waals surface area contributed by atoms with Crippen LogP contribution >= 0.6 is 23.2 Å². The maximum absolute atomic E-state index is 13.9. The van der Waals surface area contributed by atoms with Gasteiger partial charge in [-0.25, -0.2) is 18.8 Å². The molecular weight excluding hydrogens is 593 g/mol. The van der Waals surface area contributed by atoms with Gasteiger partial charge in [-0.1, -0.05) is 29.8 Å². The highest BCUT2D eigenvalue weighted by Gasteiger charge is 2.40. The minimum Gasteiger partial charge on any atom is -0.495 e. The lowest BCUT2D eigenvalue weighted by Gasteiger charge is -2.24. The zero-order valence-corrected chi connectivity index (χ0v) is 25.0. The Morgan fingerprint density at radius 2 is 1.90 bits per heavy atom. The number of carbonyl (C=O) groups is 1. The molecule has 1 aliphatic carbocycles. The number of carbonyl (C=O) groups excluding carboxylic acids is 1. The quantitative estimate of drug-likeness (QED) is 0.159. The first-order valence-corrected chi connectivity index (χ1v) is 14.1. The van der Waals surface area contributed by atoms with Gasteiger partial charge in [0.05, 0.1) is 67.0 Å². The molecule has 42 heavy (non-hydrogen) atoms. The number of anilines is 1. The summed E-state index contributed by atoms with van der Waals surface area (Å²) in [6.07, 6.45) is 2.62. The maximum Gasteiger partial charge on any atom is 0.249 e. The van der Waals surface area contributed by atoms with Crippen LogP contribution in [-0.4, -0.2) is 68.2 Å². The van der Waals surface area contributed by atoms with E-state index in [9.17, 15) is 13.6 Å². The summed E-state index contributed by atoms with van der Waals surface area (Å²) in [7, 11) is 2.89. The molecule has 1 aromatic carbocycles. The molecule has 1 amide bonds. The van der Waals surface area contributed by atoms with Crippen LogP contribution in [0.15, 0.2) is 36.0 Å². The van der Waals surface area contributed by atoms with Crippen LogP contribution in [0.3, 0.4) is 0 Å². The number of amides is 1. The maximum atomic E-state index is 13.9. The number of pyridine rings is 1. The predicted octanol–water partition coefficient (Wildman–Crippen LogP) is 4.76. The number of rotatable bonds is 11. The number of hydrogen-bond acceptors (Lipinski definition) is 8. The largest absolute Gasteiger partial charge is 0.495 e. The molecule has 4 rings (SSSR count). The summed E-state index contributed by atoms with van der Waals surface area (Å²) in [5.74, 6) is -2.00. The van der Waals surface area contributed by atoms with E-state index < -0.39 is 12.0 Å². The highest BCUT2D eigenvalue weighted by atomic mass is 35.5. The summed E-state index contributed by atoms with van der Waals surface area (Å²) < 4.78 is 44.1. The Bertz CT molecular complexity index is 1330. The number of benzene rings is 1. The van der Waals surface area contributed by atoms with Crippen molar-refractivity contribution in [3.63, 3.8) is 0 Å². The number of nitrogens with one attached hydrogen (secondary N) is 3. The monoisotopic (exact) mass is 626 g/mol. The number of methoxy groups -OCH3 is 2. The lowest BCUT2D eigenvalue weighted by atomic mass is 10.1. The molecule has 1 aliphatic heterocycles. The number of aromatic nitrogens is 1. The van der Waals surface area contributed by atoms with E-state index in [4.69, 9.17) is 43.1 Å². The Morgan fingerprint density at radius 1 is 1.24 bits per heavy atom. The topological polar surface area (TPSA) is 132 Å². The van der Waals surface area contributed by atoms with E-state index in [1.807, 2.05) is 6.92 Å². The van der Waals surface area contributed by atoms with E-state index in [0.29, 0.717) is 36.7 Å². The third-order valence-corrected chi connectivity index (χ3v) is 8.02. The summed E-state index contributed by atoms with van der Waals surface area (Å²) in [4.78, 5) is 21.0. The standard InChI is InChI=1S/C28H34Cl2F2N6O4/c1-5-23(39)37-19-13-42-12-18(19)36-22-8-16(14(2)35-15-6-7-28(31,32)10-15)17(11-34-22)38-27(33)24-25(29)20(40-3)9-21(41-4)26(24)30/h5,8-9,11,14-15,18-19,35H,1,6-7,10,12-13H2,2-4H3,(H2,33,38)(H,34,36)(H,37,39)/t14?,15?,18-,19+/m1/s1. The van der Waals surface area contributed by atoms with Crippen molar-refractivity contribution < 1.29 is 27.8 Å². The van der Waals surface area contributed by atoms with Crippen LogP contribution in [0.25, 0.3) is 0 Å². The molecule has 0 bridgehead atoms. The molecule has 2 aromatic rings. The second-order valence-corrected chi connectivity index (χ2v) is 11.0. The lowest BCUT2D eigenvalue weighted by Crippen LogP contribution is -2.45. The molecule has 1 saturated heterocycles. The second-order valence-electron chi connectivity index (χ2n) is 10.2. The van der Waals surface area contributed by atoms with Crippen LogP contribution in [0.4, 0.5) is 20.3 Å². The van der Waals surface area contributed by atoms with E-state index in [-0.39, 0.29) is 69.8 Å². The number of nitrogens with two attached hydrogens (primary N) is 1. The minimum atomic E-state index is -2.71. The number of alkyl halides is 2. The van der Waals surface area contributed by atoms with Gasteiger partial charge in [0, 0.05) is 31.0 Å². The van der Waals surface area contributed by atoms with Gasteiger partial charge in [-0.15, -0.1) is 0 Å². The molecule has 1 saturated carbocycles. The molecule has 0 radical (unpaired) electrons. The van der Waals surface area contributed by atoms with Crippen molar-refractivity contribution in [1.82, 2.24) is 15.6 Å². The number of amidine groups is 1. The average Bonchev–Trinajstić information content (AvgIpc) is 3.53. The summed E-state index contributed by atoms with van der Waals surface area (Å²) in [6.45, 7) is 6.00. The van der Waals surface area contributed by atoms with Crippen LogP contribution in [0.5, 0.6) is 11.5 Å². The van der Waals surface area contributed by atoms with E-state index in [0.717, 1.165) is 0 Å². The first-order valence-electron chi connectivity index (χ1n) is 13.3. The van der Waals surface area contributed by atoms with E-state index in [2.05, 4.69) is 32.5 Å².